The van der Waals surface area contributed by atoms with Gasteiger partial charge in [-0.1, -0.05) is 29.8 Å². The second-order valence-electron chi connectivity index (χ2n) is 4.89. The van der Waals surface area contributed by atoms with Gasteiger partial charge in [-0.2, -0.15) is 0 Å². The van der Waals surface area contributed by atoms with Crippen molar-refractivity contribution in [1.29, 1.82) is 0 Å². The van der Waals surface area contributed by atoms with E-state index in [1.165, 1.54) is 0 Å². The molecule has 1 aromatic carbocycles. The van der Waals surface area contributed by atoms with E-state index >= 15 is 0 Å². The lowest BCUT2D eigenvalue weighted by Crippen LogP contribution is -2.42. The van der Waals surface area contributed by atoms with Gasteiger partial charge in [-0.25, -0.2) is 0 Å². The van der Waals surface area contributed by atoms with Gasteiger partial charge in [-0.05, 0) is 31.9 Å². The highest BCUT2D eigenvalue weighted by Gasteiger charge is 2.12. The SMILES string of the molecule is CCOc1cc(Cl)ccc1CNC(=NC)NC1CC=CC1. The van der Waals surface area contributed by atoms with Crippen molar-refractivity contribution in [3.63, 3.8) is 0 Å². The summed E-state index contributed by atoms with van der Waals surface area (Å²) in [4.78, 5) is 4.26. The summed E-state index contributed by atoms with van der Waals surface area (Å²) < 4.78 is 5.62. The summed E-state index contributed by atoms with van der Waals surface area (Å²) >= 11 is 6.01. The van der Waals surface area contributed by atoms with Gasteiger partial charge < -0.3 is 15.4 Å². The first-order valence-electron chi connectivity index (χ1n) is 7.26. The molecule has 4 nitrogen and oxygen atoms in total. The standard InChI is InChI=1S/C16H22ClN3O/c1-3-21-15-10-13(17)9-8-12(15)11-19-16(18-2)20-14-6-4-5-7-14/h4-5,8-10,14H,3,6-7,11H2,1-2H3,(H2,18,19,20). The largest absolute Gasteiger partial charge is 0.493 e. The number of guanidine groups is 1. The zero-order valence-corrected chi connectivity index (χ0v) is 13.3. The van der Waals surface area contributed by atoms with Gasteiger partial charge in [-0.15, -0.1) is 0 Å². The van der Waals surface area contributed by atoms with Crippen molar-refractivity contribution in [2.45, 2.75) is 32.4 Å². The lowest BCUT2D eigenvalue weighted by molar-refractivity contribution is 0.336. The van der Waals surface area contributed by atoms with E-state index in [0.29, 0.717) is 24.2 Å². The third kappa shape index (κ3) is 4.67. The van der Waals surface area contributed by atoms with Gasteiger partial charge in [-0.3, -0.25) is 4.99 Å². The Morgan fingerprint density at radius 2 is 2.14 bits per heavy atom. The maximum atomic E-state index is 6.01. The van der Waals surface area contributed by atoms with E-state index in [2.05, 4.69) is 27.8 Å². The van der Waals surface area contributed by atoms with Gasteiger partial charge >= 0.3 is 0 Å². The summed E-state index contributed by atoms with van der Waals surface area (Å²) in [6.07, 6.45) is 6.48. The minimum absolute atomic E-state index is 0.438. The summed E-state index contributed by atoms with van der Waals surface area (Å²) in [6.45, 7) is 3.23. The lowest BCUT2D eigenvalue weighted by atomic mass is 10.2. The molecule has 0 saturated heterocycles. The summed E-state index contributed by atoms with van der Waals surface area (Å²) in [5.41, 5.74) is 1.06. The van der Waals surface area contributed by atoms with E-state index in [4.69, 9.17) is 16.3 Å². The summed E-state index contributed by atoms with van der Waals surface area (Å²) in [6, 6.07) is 6.13. The molecule has 0 atom stereocenters. The molecule has 0 saturated carbocycles. The zero-order chi connectivity index (χ0) is 15.1. The highest BCUT2D eigenvalue weighted by atomic mass is 35.5. The molecular formula is C16H22ClN3O. The van der Waals surface area contributed by atoms with Crippen LogP contribution in [0, 0.1) is 0 Å². The zero-order valence-electron chi connectivity index (χ0n) is 12.5. The van der Waals surface area contributed by atoms with Gasteiger partial charge in [0.2, 0.25) is 0 Å². The Morgan fingerprint density at radius 3 is 2.81 bits per heavy atom. The molecule has 0 unspecified atom stereocenters. The topological polar surface area (TPSA) is 45.6 Å². The van der Waals surface area contributed by atoms with E-state index in [-0.39, 0.29) is 0 Å². The monoisotopic (exact) mass is 307 g/mol. The maximum Gasteiger partial charge on any atom is 0.191 e. The molecule has 2 N–H and O–H groups in total. The molecule has 1 aromatic rings. The van der Waals surface area contributed by atoms with E-state index < -0.39 is 0 Å². The Hall–Kier alpha value is -1.68. The molecule has 5 heteroatoms. The van der Waals surface area contributed by atoms with Crippen LogP contribution in [0.15, 0.2) is 35.3 Å². The van der Waals surface area contributed by atoms with Gasteiger partial charge in [0.25, 0.3) is 0 Å². The number of halogens is 1. The van der Waals surface area contributed by atoms with E-state index in [9.17, 15) is 0 Å². The van der Waals surface area contributed by atoms with E-state index in [1.54, 1.807) is 7.05 Å². The fourth-order valence-electron chi connectivity index (χ4n) is 2.27. The Bertz CT molecular complexity index is 520. The molecule has 114 valence electrons. The molecule has 0 aromatic heterocycles. The van der Waals surface area contributed by atoms with Crippen molar-refractivity contribution in [3.05, 3.63) is 40.9 Å². The molecule has 2 rings (SSSR count). The molecule has 0 aliphatic heterocycles. The Kier molecular flexibility index (Phi) is 5.93. The molecule has 0 fully saturated rings. The van der Waals surface area contributed by atoms with Crippen LogP contribution in [0.1, 0.15) is 25.3 Å². The first kappa shape index (κ1) is 15.7. The van der Waals surface area contributed by atoms with Crippen LogP contribution in [0.5, 0.6) is 5.75 Å². The molecule has 0 spiro atoms. The molecule has 0 heterocycles. The van der Waals surface area contributed by atoms with E-state index in [1.807, 2.05) is 25.1 Å². The molecule has 0 bridgehead atoms. The van der Waals surface area contributed by atoms with Crippen LogP contribution in [0.25, 0.3) is 0 Å². The number of rotatable bonds is 5. The summed E-state index contributed by atoms with van der Waals surface area (Å²) in [5, 5.41) is 7.41. The molecule has 0 radical (unpaired) electrons. The molecule has 1 aliphatic rings. The van der Waals surface area contributed by atoms with Crippen molar-refractivity contribution in [2.75, 3.05) is 13.7 Å². The highest BCUT2D eigenvalue weighted by molar-refractivity contribution is 6.30. The van der Waals surface area contributed by atoms with E-state index in [0.717, 1.165) is 30.1 Å². The first-order chi connectivity index (χ1) is 10.2. The number of hydrogen-bond donors (Lipinski definition) is 2. The molecular weight excluding hydrogens is 286 g/mol. The second kappa shape index (κ2) is 7.93. The van der Waals surface area contributed by atoms with Gasteiger partial charge in [0.1, 0.15) is 5.75 Å². The number of nitrogens with zero attached hydrogens (tertiary/aromatic N) is 1. The normalized spacial score (nSPS) is 15.3. The van der Waals surface area contributed by atoms with Crippen LogP contribution in [-0.2, 0) is 6.54 Å². The predicted molar refractivity (Wildman–Crippen MR) is 88.1 cm³/mol. The third-order valence-electron chi connectivity index (χ3n) is 3.35. The number of nitrogens with one attached hydrogen (secondary N) is 2. The minimum Gasteiger partial charge on any atom is -0.493 e. The second-order valence-corrected chi connectivity index (χ2v) is 5.33. The van der Waals surface area contributed by atoms with Crippen molar-refractivity contribution in [1.82, 2.24) is 10.6 Å². The summed E-state index contributed by atoms with van der Waals surface area (Å²) in [5.74, 6) is 1.62. The van der Waals surface area contributed by atoms with Gasteiger partial charge in [0, 0.05) is 30.2 Å². The van der Waals surface area contributed by atoms with Crippen LogP contribution in [-0.4, -0.2) is 25.7 Å². The predicted octanol–water partition coefficient (Wildman–Crippen LogP) is 3.12. The average Bonchev–Trinajstić information content (AvgIpc) is 2.98. The van der Waals surface area contributed by atoms with Crippen LogP contribution >= 0.6 is 11.6 Å². The molecule has 21 heavy (non-hydrogen) atoms. The third-order valence-corrected chi connectivity index (χ3v) is 3.58. The molecule has 1 aliphatic carbocycles. The van der Waals surface area contributed by atoms with Crippen LogP contribution < -0.4 is 15.4 Å². The first-order valence-corrected chi connectivity index (χ1v) is 7.64. The fourth-order valence-corrected chi connectivity index (χ4v) is 2.43. The highest BCUT2D eigenvalue weighted by Crippen LogP contribution is 2.23. The number of benzene rings is 1. The fraction of sp³-hybridized carbons (Fsp3) is 0.438. The van der Waals surface area contributed by atoms with Crippen LogP contribution in [0.3, 0.4) is 0 Å². The summed E-state index contributed by atoms with van der Waals surface area (Å²) in [7, 11) is 1.78. The Balaban J connectivity index is 1.94. The smallest absolute Gasteiger partial charge is 0.191 e. The number of aliphatic imine (C=N–C) groups is 1. The van der Waals surface area contributed by atoms with Crippen molar-refractivity contribution >= 4 is 17.6 Å². The van der Waals surface area contributed by atoms with Crippen molar-refractivity contribution in [2.24, 2.45) is 4.99 Å². The number of ether oxygens (including phenoxy) is 1. The minimum atomic E-state index is 0.438. The quantitative estimate of drug-likeness (QED) is 0.499. The average molecular weight is 308 g/mol. The maximum absolute atomic E-state index is 6.01. The Labute approximate surface area is 131 Å². The van der Waals surface area contributed by atoms with Crippen molar-refractivity contribution in [3.8, 4) is 5.75 Å². The van der Waals surface area contributed by atoms with Crippen LogP contribution in [0.4, 0.5) is 0 Å². The number of hydrogen-bond acceptors (Lipinski definition) is 2. The van der Waals surface area contributed by atoms with Crippen LogP contribution in [0.2, 0.25) is 5.02 Å². The van der Waals surface area contributed by atoms with Crippen molar-refractivity contribution < 1.29 is 4.74 Å². The van der Waals surface area contributed by atoms with Gasteiger partial charge in [0.05, 0.1) is 6.61 Å². The Morgan fingerprint density at radius 1 is 1.38 bits per heavy atom. The lowest BCUT2D eigenvalue weighted by Gasteiger charge is -2.18. The van der Waals surface area contributed by atoms with Gasteiger partial charge in [0.15, 0.2) is 5.96 Å². The molecule has 0 amide bonds.